The quantitative estimate of drug-likeness (QED) is 0.854. The number of aromatic nitrogens is 1. The molecule has 1 amide bonds. The van der Waals surface area contributed by atoms with Gasteiger partial charge in [-0.3, -0.25) is 4.79 Å². The van der Waals surface area contributed by atoms with Gasteiger partial charge >= 0.3 is 0 Å². The SMILES string of the molecule is O=C(c1cc2ccsc2n1C[C@H]1CCCCO1)N1CCCCC1. The molecule has 0 unspecified atom stereocenters. The zero-order valence-electron chi connectivity index (χ0n) is 13.5. The summed E-state index contributed by atoms with van der Waals surface area (Å²) in [5.74, 6) is 0.198. The Morgan fingerprint density at radius 3 is 2.87 bits per heavy atom. The smallest absolute Gasteiger partial charge is 0.270 e. The molecule has 4 rings (SSSR count). The minimum atomic E-state index is 0.198. The van der Waals surface area contributed by atoms with Crippen molar-refractivity contribution in [3.63, 3.8) is 0 Å². The van der Waals surface area contributed by atoms with Gasteiger partial charge in [-0.05, 0) is 56.0 Å². The predicted molar refractivity (Wildman–Crippen MR) is 93.2 cm³/mol. The van der Waals surface area contributed by atoms with E-state index in [2.05, 4.69) is 22.1 Å². The maximum absolute atomic E-state index is 13.0. The maximum Gasteiger partial charge on any atom is 0.270 e. The number of piperidine rings is 1. The van der Waals surface area contributed by atoms with Gasteiger partial charge in [0, 0.05) is 25.1 Å². The molecule has 0 aromatic carbocycles. The van der Waals surface area contributed by atoms with E-state index in [0.717, 1.165) is 57.6 Å². The second-order valence-electron chi connectivity index (χ2n) is 6.66. The largest absolute Gasteiger partial charge is 0.376 e. The van der Waals surface area contributed by atoms with Gasteiger partial charge in [0.2, 0.25) is 0 Å². The van der Waals surface area contributed by atoms with Gasteiger partial charge in [-0.2, -0.15) is 0 Å². The van der Waals surface area contributed by atoms with E-state index in [1.165, 1.54) is 23.1 Å². The number of amides is 1. The number of ether oxygens (including phenoxy) is 1. The Morgan fingerprint density at radius 1 is 1.22 bits per heavy atom. The highest BCUT2D eigenvalue weighted by Crippen LogP contribution is 2.28. The van der Waals surface area contributed by atoms with Crippen molar-refractivity contribution < 1.29 is 9.53 Å². The molecule has 4 heterocycles. The molecule has 0 saturated carbocycles. The summed E-state index contributed by atoms with van der Waals surface area (Å²) < 4.78 is 8.13. The van der Waals surface area contributed by atoms with Crippen LogP contribution in [-0.4, -0.2) is 41.2 Å². The van der Waals surface area contributed by atoms with Crippen LogP contribution >= 0.6 is 11.3 Å². The topological polar surface area (TPSA) is 34.5 Å². The van der Waals surface area contributed by atoms with E-state index in [1.54, 1.807) is 11.3 Å². The van der Waals surface area contributed by atoms with Gasteiger partial charge < -0.3 is 14.2 Å². The summed E-state index contributed by atoms with van der Waals surface area (Å²) in [7, 11) is 0. The van der Waals surface area contributed by atoms with E-state index in [0.29, 0.717) is 0 Å². The molecule has 2 aliphatic heterocycles. The number of hydrogen-bond acceptors (Lipinski definition) is 3. The highest BCUT2D eigenvalue weighted by Gasteiger charge is 2.25. The fourth-order valence-corrected chi connectivity index (χ4v) is 4.65. The lowest BCUT2D eigenvalue weighted by atomic mass is 10.1. The molecule has 0 aliphatic carbocycles. The number of nitrogens with zero attached hydrogens (tertiary/aromatic N) is 2. The Morgan fingerprint density at radius 2 is 2.09 bits per heavy atom. The van der Waals surface area contributed by atoms with Crippen LogP contribution in [0.4, 0.5) is 0 Å². The molecular formula is C18H24N2O2S. The molecule has 23 heavy (non-hydrogen) atoms. The fraction of sp³-hybridized carbons (Fsp3) is 0.611. The lowest BCUT2D eigenvalue weighted by Gasteiger charge is -2.28. The first-order valence-electron chi connectivity index (χ1n) is 8.80. The third-order valence-corrected chi connectivity index (χ3v) is 5.98. The lowest BCUT2D eigenvalue weighted by molar-refractivity contribution is 0.00625. The number of rotatable bonds is 3. The zero-order chi connectivity index (χ0) is 15.6. The number of thiophene rings is 1. The van der Waals surface area contributed by atoms with E-state index < -0.39 is 0 Å². The summed E-state index contributed by atoms with van der Waals surface area (Å²) in [5.41, 5.74) is 0.850. The van der Waals surface area contributed by atoms with Crippen LogP contribution in [0, 0.1) is 0 Å². The average Bonchev–Trinajstić information content (AvgIpc) is 3.19. The molecule has 1 atom stereocenters. The summed E-state index contributed by atoms with van der Waals surface area (Å²) in [6.07, 6.45) is 7.25. The molecule has 0 bridgehead atoms. The number of fused-ring (bicyclic) bond motifs is 1. The highest BCUT2D eigenvalue weighted by molar-refractivity contribution is 7.16. The summed E-state index contributed by atoms with van der Waals surface area (Å²) >= 11 is 1.72. The molecule has 2 fully saturated rings. The Kier molecular flexibility index (Phi) is 4.40. The van der Waals surface area contributed by atoms with Crippen LogP contribution in [0.15, 0.2) is 17.5 Å². The van der Waals surface area contributed by atoms with Gasteiger partial charge in [0.1, 0.15) is 10.5 Å². The van der Waals surface area contributed by atoms with Crippen LogP contribution in [0.1, 0.15) is 49.0 Å². The number of hydrogen-bond donors (Lipinski definition) is 0. The Labute approximate surface area is 141 Å². The van der Waals surface area contributed by atoms with E-state index in [1.807, 2.05) is 4.90 Å². The number of carbonyl (C=O) groups excluding carboxylic acids is 1. The van der Waals surface area contributed by atoms with Crippen molar-refractivity contribution in [2.24, 2.45) is 0 Å². The van der Waals surface area contributed by atoms with Crippen molar-refractivity contribution in [2.75, 3.05) is 19.7 Å². The molecule has 124 valence electrons. The van der Waals surface area contributed by atoms with Gasteiger partial charge in [-0.25, -0.2) is 0 Å². The predicted octanol–water partition coefficient (Wildman–Crippen LogP) is 3.90. The van der Waals surface area contributed by atoms with Crippen LogP contribution in [0.5, 0.6) is 0 Å². The second-order valence-corrected chi connectivity index (χ2v) is 7.56. The van der Waals surface area contributed by atoms with Crippen molar-refractivity contribution >= 4 is 27.5 Å². The summed E-state index contributed by atoms with van der Waals surface area (Å²) in [6.45, 7) is 3.46. The van der Waals surface area contributed by atoms with Crippen LogP contribution < -0.4 is 0 Å². The third kappa shape index (κ3) is 3.04. The molecule has 4 nitrogen and oxygen atoms in total. The molecule has 2 aromatic heterocycles. The Bertz CT molecular complexity index is 678. The molecule has 0 N–H and O–H groups in total. The van der Waals surface area contributed by atoms with Crippen molar-refractivity contribution in [3.05, 3.63) is 23.2 Å². The zero-order valence-corrected chi connectivity index (χ0v) is 14.3. The molecule has 5 heteroatoms. The lowest BCUT2D eigenvalue weighted by Crippen LogP contribution is -2.37. The van der Waals surface area contributed by atoms with Gasteiger partial charge in [-0.15, -0.1) is 11.3 Å². The van der Waals surface area contributed by atoms with Crippen LogP contribution in [0.25, 0.3) is 10.2 Å². The monoisotopic (exact) mass is 332 g/mol. The van der Waals surface area contributed by atoms with Crippen LogP contribution in [-0.2, 0) is 11.3 Å². The number of likely N-dealkylation sites (tertiary alicyclic amines) is 1. The molecule has 2 saturated heterocycles. The van der Waals surface area contributed by atoms with Gasteiger partial charge in [0.05, 0.1) is 12.6 Å². The van der Waals surface area contributed by atoms with E-state index in [4.69, 9.17) is 4.74 Å². The minimum Gasteiger partial charge on any atom is -0.376 e. The van der Waals surface area contributed by atoms with Crippen LogP contribution in [0.3, 0.4) is 0 Å². The summed E-state index contributed by atoms with van der Waals surface area (Å²) in [5, 5.41) is 3.30. The minimum absolute atomic E-state index is 0.198. The van der Waals surface area contributed by atoms with Gasteiger partial charge in [0.15, 0.2) is 0 Å². The Hall–Kier alpha value is -1.33. The fourth-order valence-electron chi connectivity index (χ4n) is 3.75. The molecule has 0 radical (unpaired) electrons. The third-order valence-electron chi connectivity index (χ3n) is 5.02. The van der Waals surface area contributed by atoms with E-state index in [-0.39, 0.29) is 12.0 Å². The maximum atomic E-state index is 13.0. The second kappa shape index (κ2) is 6.65. The van der Waals surface area contributed by atoms with Crippen LogP contribution in [0.2, 0.25) is 0 Å². The summed E-state index contributed by atoms with van der Waals surface area (Å²) in [6, 6.07) is 4.19. The van der Waals surface area contributed by atoms with Crippen molar-refractivity contribution in [1.82, 2.24) is 9.47 Å². The van der Waals surface area contributed by atoms with Crippen molar-refractivity contribution in [1.29, 1.82) is 0 Å². The first-order valence-corrected chi connectivity index (χ1v) is 9.68. The summed E-state index contributed by atoms with van der Waals surface area (Å²) in [4.78, 5) is 16.2. The van der Waals surface area contributed by atoms with Gasteiger partial charge in [-0.1, -0.05) is 0 Å². The standard InChI is InChI=1S/C18H24N2O2S/c21-17(19-8-3-1-4-9-19)16-12-14-7-11-23-18(14)20(16)13-15-6-2-5-10-22-15/h7,11-12,15H,1-6,8-10,13H2/t15-/m1/s1. The molecular weight excluding hydrogens is 308 g/mol. The normalized spacial score (nSPS) is 22.6. The van der Waals surface area contributed by atoms with Gasteiger partial charge in [0.25, 0.3) is 5.91 Å². The molecule has 2 aromatic rings. The number of carbonyl (C=O) groups is 1. The first kappa shape index (κ1) is 15.2. The van der Waals surface area contributed by atoms with E-state index >= 15 is 0 Å². The van der Waals surface area contributed by atoms with Crippen molar-refractivity contribution in [3.8, 4) is 0 Å². The van der Waals surface area contributed by atoms with E-state index in [9.17, 15) is 4.79 Å². The van der Waals surface area contributed by atoms with Crippen molar-refractivity contribution in [2.45, 2.75) is 51.2 Å². The molecule has 2 aliphatic rings. The first-order chi connectivity index (χ1) is 11.3. The Balaban J connectivity index is 1.63. The average molecular weight is 332 g/mol. The highest BCUT2D eigenvalue weighted by atomic mass is 32.1. The molecule has 0 spiro atoms.